The minimum Gasteiger partial charge on any atom is -0.504 e. The highest BCUT2D eigenvalue weighted by Gasteiger charge is 2.25. The van der Waals surface area contributed by atoms with Crippen LogP contribution in [0.25, 0.3) is 5.69 Å². The van der Waals surface area contributed by atoms with E-state index in [0.717, 1.165) is 36.7 Å². The molecule has 1 unspecified atom stereocenters. The number of aromatic nitrogens is 4. The molecular weight excluding hydrogens is 468 g/mol. The largest absolute Gasteiger partial charge is 0.504 e. The van der Waals surface area contributed by atoms with Crippen molar-refractivity contribution in [3.8, 4) is 22.9 Å². The van der Waals surface area contributed by atoms with E-state index in [1.807, 2.05) is 30.3 Å². The van der Waals surface area contributed by atoms with E-state index in [1.165, 1.54) is 42.5 Å². The molecule has 1 atom stereocenters. The normalized spacial score (nSPS) is 11.9. The van der Waals surface area contributed by atoms with Gasteiger partial charge in [-0.2, -0.15) is 4.68 Å². The van der Waals surface area contributed by atoms with Crippen LogP contribution in [0.4, 0.5) is 0 Å². The molecule has 0 aliphatic rings. The Kier molecular flexibility index (Phi) is 10.2. The number of carbonyl (C=O) groups is 1. The van der Waals surface area contributed by atoms with Gasteiger partial charge in [0.1, 0.15) is 0 Å². The number of phenolic OH excluding ortho intramolecular Hbond substituents is 2. The Balaban J connectivity index is 1.69. The molecule has 10 heteroatoms. The summed E-state index contributed by atoms with van der Waals surface area (Å²) in [5, 5.41) is 42.4. The fraction of sp³-hybridized carbons (Fsp3) is 0.440. The number of unbranched alkanes of at least 4 members (excludes halogenated alkanes) is 7. The highest BCUT2D eigenvalue weighted by atomic mass is 32.2. The number of hydrogen-bond acceptors (Lipinski definition) is 8. The maximum absolute atomic E-state index is 11.9. The van der Waals surface area contributed by atoms with E-state index >= 15 is 0 Å². The molecule has 3 aromatic rings. The van der Waals surface area contributed by atoms with Crippen LogP contribution < -0.4 is 4.74 Å². The molecular formula is C25H32N4O5S. The molecule has 0 saturated carbocycles. The Morgan fingerprint density at radius 3 is 2.37 bits per heavy atom. The predicted molar refractivity (Wildman–Crippen MR) is 132 cm³/mol. The molecule has 188 valence electrons. The monoisotopic (exact) mass is 500 g/mol. The molecule has 3 N–H and O–H groups in total. The molecule has 1 aromatic heterocycles. The van der Waals surface area contributed by atoms with E-state index in [9.17, 15) is 20.1 Å². The number of aromatic hydroxyl groups is 2. The van der Waals surface area contributed by atoms with Crippen LogP contribution >= 0.6 is 11.8 Å². The number of ether oxygens (including phenoxy) is 1. The number of tetrazole rings is 1. The zero-order valence-corrected chi connectivity index (χ0v) is 20.7. The van der Waals surface area contributed by atoms with Crippen molar-refractivity contribution in [3.63, 3.8) is 0 Å². The van der Waals surface area contributed by atoms with Crippen LogP contribution in [0.1, 0.15) is 64.7 Å². The third-order valence-corrected chi connectivity index (χ3v) is 6.55. The Bertz CT molecular complexity index is 1080. The average Bonchev–Trinajstić information content (AvgIpc) is 3.32. The van der Waals surface area contributed by atoms with E-state index < -0.39 is 23.6 Å². The minimum absolute atomic E-state index is 0.107. The summed E-state index contributed by atoms with van der Waals surface area (Å²) in [4.78, 5) is 12.3. The molecule has 0 spiro atoms. The molecule has 35 heavy (non-hydrogen) atoms. The lowest BCUT2D eigenvalue weighted by molar-refractivity contribution is -0.145. The van der Waals surface area contributed by atoms with Gasteiger partial charge in [-0.05, 0) is 59.3 Å². The Labute approximate surface area is 209 Å². The van der Waals surface area contributed by atoms with E-state index in [2.05, 4.69) is 22.4 Å². The summed E-state index contributed by atoms with van der Waals surface area (Å²) in [6.07, 6.45) is 7.84. The molecule has 1 heterocycles. The number of rotatable bonds is 15. The number of aliphatic carboxylic acids is 1. The van der Waals surface area contributed by atoms with E-state index in [4.69, 9.17) is 4.74 Å². The van der Waals surface area contributed by atoms with Gasteiger partial charge in [0.2, 0.25) is 10.9 Å². The first kappa shape index (κ1) is 26.3. The van der Waals surface area contributed by atoms with Gasteiger partial charge in [0.25, 0.3) is 0 Å². The summed E-state index contributed by atoms with van der Waals surface area (Å²) in [5.74, 6) is -2.15. The first-order chi connectivity index (χ1) is 17.0. The molecule has 0 aliphatic heterocycles. The van der Waals surface area contributed by atoms with Crippen molar-refractivity contribution in [2.45, 2.75) is 80.9 Å². The number of hydrogen-bond donors (Lipinski definition) is 3. The highest BCUT2D eigenvalue weighted by molar-refractivity contribution is 7.99. The molecule has 0 radical (unpaired) electrons. The van der Waals surface area contributed by atoms with Crippen LogP contribution in [0.2, 0.25) is 0 Å². The number of carboxylic acids is 1. The Hall–Kier alpha value is -3.27. The first-order valence-electron chi connectivity index (χ1n) is 12.0. The molecule has 3 rings (SSSR count). The summed E-state index contributed by atoms with van der Waals surface area (Å²) < 4.78 is 7.29. The summed E-state index contributed by atoms with van der Waals surface area (Å²) >= 11 is 1.10. The van der Waals surface area contributed by atoms with Crippen molar-refractivity contribution in [1.29, 1.82) is 0 Å². The van der Waals surface area contributed by atoms with Gasteiger partial charge in [0.15, 0.2) is 17.6 Å². The van der Waals surface area contributed by atoms with E-state index in [0.29, 0.717) is 22.9 Å². The summed E-state index contributed by atoms with van der Waals surface area (Å²) in [5.41, 5.74) is 0.739. The quantitative estimate of drug-likeness (QED) is 0.181. The first-order valence-corrected chi connectivity index (χ1v) is 12.8. The van der Waals surface area contributed by atoms with Crippen LogP contribution in [0.5, 0.6) is 17.2 Å². The van der Waals surface area contributed by atoms with Crippen LogP contribution in [0.15, 0.2) is 52.5 Å². The van der Waals surface area contributed by atoms with Gasteiger partial charge in [0, 0.05) is 0 Å². The van der Waals surface area contributed by atoms with Crippen LogP contribution in [0, 0.1) is 0 Å². The van der Waals surface area contributed by atoms with Gasteiger partial charge in [-0.25, -0.2) is 4.79 Å². The molecule has 0 bridgehead atoms. The van der Waals surface area contributed by atoms with Gasteiger partial charge < -0.3 is 20.1 Å². The molecule has 0 amide bonds. The average molecular weight is 501 g/mol. The predicted octanol–water partition coefficient (Wildman–Crippen LogP) is 5.59. The lowest BCUT2D eigenvalue weighted by Gasteiger charge is -2.19. The maximum atomic E-state index is 11.9. The SMILES string of the molecule is CCCCCCCCCCC(Oc1c(Sc2nnnn2-c2ccccc2)ccc(O)c1O)C(=O)O. The second-order valence-corrected chi connectivity index (χ2v) is 9.29. The van der Waals surface area contributed by atoms with Crippen molar-refractivity contribution in [3.05, 3.63) is 42.5 Å². The second-order valence-electron chi connectivity index (χ2n) is 8.28. The standard InChI is InChI=1S/C25H32N4O5S/c1-2-3-4-5-6-7-8-12-15-20(24(32)33)34-23-21(17-16-19(30)22(23)31)35-25-26-27-28-29(25)18-13-10-9-11-14-18/h9-11,13-14,16-17,20,30-31H,2-8,12,15H2,1H3,(H,32,33). The zero-order valence-electron chi connectivity index (χ0n) is 19.8. The van der Waals surface area contributed by atoms with Gasteiger partial charge in [-0.3, -0.25) is 0 Å². The number of carboxylic acid groups (broad SMARTS) is 1. The molecule has 2 aromatic carbocycles. The van der Waals surface area contributed by atoms with Crippen molar-refractivity contribution in [1.82, 2.24) is 20.2 Å². The van der Waals surface area contributed by atoms with Crippen molar-refractivity contribution in [2.75, 3.05) is 0 Å². The summed E-state index contributed by atoms with van der Waals surface area (Å²) in [6.45, 7) is 2.19. The Morgan fingerprint density at radius 1 is 1.00 bits per heavy atom. The van der Waals surface area contributed by atoms with Crippen LogP contribution in [-0.2, 0) is 4.79 Å². The third-order valence-electron chi connectivity index (χ3n) is 5.57. The minimum atomic E-state index is -1.16. The van der Waals surface area contributed by atoms with Crippen molar-refractivity contribution in [2.24, 2.45) is 0 Å². The molecule has 0 saturated heterocycles. The summed E-state index contributed by atoms with van der Waals surface area (Å²) in [7, 11) is 0. The van der Waals surface area contributed by atoms with Gasteiger partial charge in [-0.1, -0.05) is 70.1 Å². The maximum Gasteiger partial charge on any atom is 0.344 e. The number of benzene rings is 2. The second kappa shape index (κ2) is 13.6. The third kappa shape index (κ3) is 7.61. The zero-order chi connectivity index (χ0) is 25.0. The van der Waals surface area contributed by atoms with Crippen molar-refractivity contribution >= 4 is 17.7 Å². The summed E-state index contributed by atoms with van der Waals surface area (Å²) in [6, 6.07) is 12.1. The fourth-order valence-electron chi connectivity index (χ4n) is 3.65. The lowest BCUT2D eigenvalue weighted by atomic mass is 10.1. The van der Waals surface area contributed by atoms with E-state index in [1.54, 1.807) is 0 Å². The molecule has 0 aliphatic carbocycles. The smallest absolute Gasteiger partial charge is 0.344 e. The fourth-order valence-corrected chi connectivity index (χ4v) is 4.52. The number of para-hydroxylation sites is 1. The lowest BCUT2D eigenvalue weighted by Crippen LogP contribution is -2.27. The van der Waals surface area contributed by atoms with Gasteiger partial charge in [0.05, 0.1) is 10.6 Å². The van der Waals surface area contributed by atoms with Crippen molar-refractivity contribution < 1.29 is 24.9 Å². The van der Waals surface area contributed by atoms with Gasteiger partial charge in [-0.15, -0.1) is 5.10 Å². The number of phenols is 2. The topological polar surface area (TPSA) is 131 Å². The molecule has 0 fully saturated rings. The van der Waals surface area contributed by atoms with E-state index in [-0.39, 0.29) is 5.75 Å². The Morgan fingerprint density at radius 2 is 1.69 bits per heavy atom. The van der Waals surface area contributed by atoms with Gasteiger partial charge >= 0.3 is 5.97 Å². The molecule has 9 nitrogen and oxygen atoms in total. The van der Waals surface area contributed by atoms with Crippen LogP contribution in [-0.4, -0.2) is 47.6 Å². The van der Waals surface area contributed by atoms with Crippen LogP contribution in [0.3, 0.4) is 0 Å². The highest BCUT2D eigenvalue weighted by Crippen LogP contribution is 2.45. The number of nitrogens with zero attached hydrogens (tertiary/aromatic N) is 4.